The number of carbonyl (C=O) groups excluding carboxylic acids is 2. The molecule has 31 heavy (non-hydrogen) atoms. The highest BCUT2D eigenvalue weighted by Gasteiger charge is 2.48. The average molecular weight is 456 g/mol. The van der Waals surface area contributed by atoms with Gasteiger partial charge in [0.1, 0.15) is 11.5 Å². The van der Waals surface area contributed by atoms with Crippen LogP contribution in [0.5, 0.6) is 5.75 Å². The van der Waals surface area contributed by atoms with Crippen molar-refractivity contribution in [1.29, 1.82) is 0 Å². The number of aromatic nitrogens is 2. The van der Waals surface area contributed by atoms with Crippen LogP contribution in [-0.2, 0) is 9.59 Å². The molecule has 0 aliphatic carbocycles. The van der Waals surface area contributed by atoms with Gasteiger partial charge in [-0.25, -0.2) is 4.98 Å². The van der Waals surface area contributed by atoms with E-state index in [2.05, 4.69) is 9.97 Å². The van der Waals surface area contributed by atoms with Crippen molar-refractivity contribution in [2.24, 2.45) is 0 Å². The van der Waals surface area contributed by atoms with Crippen molar-refractivity contribution in [3.05, 3.63) is 75.0 Å². The van der Waals surface area contributed by atoms with Gasteiger partial charge in [0.2, 0.25) is 0 Å². The number of aliphatic hydroxyl groups is 1. The van der Waals surface area contributed by atoms with Crippen LogP contribution in [0, 0.1) is 13.8 Å². The highest BCUT2D eigenvalue weighted by Crippen LogP contribution is 2.44. The van der Waals surface area contributed by atoms with E-state index in [9.17, 15) is 14.7 Å². The van der Waals surface area contributed by atoms with Gasteiger partial charge >= 0.3 is 5.91 Å². The Balaban J connectivity index is 1.98. The number of ether oxygens (including phenoxy) is 1. The number of aryl methyl sites for hydroxylation is 2. The molecule has 3 heterocycles. The summed E-state index contributed by atoms with van der Waals surface area (Å²) < 4.78 is 5.33. The van der Waals surface area contributed by atoms with Crippen LogP contribution in [0.1, 0.15) is 27.7 Å². The van der Waals surface area contributed by atoms with Crippen molar-refractivity contribution >= 4 is 45.5 Å². The molecule has 1 aromatic carbocycles. The Morgan fingerprint density at radius 3 is 2.65 bits per heavy atom. The SMILES string of the molecule is COc1ccc(Cl)cc1C(O)=C1C(=O)C(=O)N(c2nc(C)c(C)s2)[C@H]1c1cccnc1. The van der Waals surface area contributed by atoms with E-state index in [4.69, 9.17) is 16.3 Å². The summed E-state index contributed by atoms with van der Waals surface area (Å²) >= 11 is 7.42. The summed E-state index contributed by atoms with van der Waals surface area (Å²) in [5.41, 5.74) is 1.47. The largest absolute Gasteiger partial charge is 0.507 e. The van der Waals surface area contributed by atoms with Crippen LogP contribution in [0.4, 0.5) is 5.13 Å². The molecular formula is C22H18ClN3O4S. The summed E-state index contributed by atoms with van der Waals surface area (Å²) in [5.74, 6) is -1.65. The van der Waals surface area contributed by atoms with E-state index in [0.29, 0.717) is 21.5 Å². The van der Waals surface area contributed by atoms with Gasteiger partial charge in [0.15, 0.2) is 5.13 Å². The van der Waals surface area contributed by atoms with Crippen molar-refractivity contribution in [1.82, 2.24) is 9.97 Å². The zero-order valence-corrected chi connectivity index (χ0v) is 18.5. The number of carbonyl (C=O) groups is 2. The number of hydrogen-bond donors (Lipinski definition) is 1. The standard InChI is InChI=1S/C22H18ClN3O4S/c1-11-12(2)31-22(25-11)26-18(13-5-4-8-24-10-13)17(20(28)21(26)29)19(27)15-9-14(23)6-7-16(15)30-3/h4-10,18,27H,1-3H3/t18-/m0/s1. The number of ketones is 1. The Kier molecular flexibility index (Phi) is 5.51. The van der Waals surface area contributed by atoms with Crippen LogP contribution in [0.15, 0.2) is 48.3 Å². The predicted octanol–water partition coefficient (Wildman–Crippen LogP) is 4.44. The second-order valence-electron chi connectivity index (χ2n) is 6.94. The molecule has 158 valence electrons. The normalized spacial score (nSPS) is 17.9. The fourth-order valence-electron chi connectivity index (χ4n) is 3.45. The Labute approximate surface area is 187 Å². The Hall–Kier alpha value is -3.23. The van der Waals surface area contributed by atoms with Crippen LogP contribution in [0.3, 0.4) is 0 Å². The topological polar surface area (TPSA) is 92.6 Å². The molecule has 0 saturated carbocycles. The summed E-state index contributed by atoms with van der Waals surface area (Å²) in [6.45, 7) is 3.73. The van der Waals surface area contributed by atoms with E-state index in [0.717, 1.165) is 10.6 Å². The number of nitrogens with zero attached hydrogens (tertiary/aromatic N) is 3. The number of Topliss-reactive ketones (excluding diaryl/α,β-unsaturated/α-hetero) is 1. The summed E-state index contributed by atoms with van der Waals surface area (Å²) in [6, 6.07) is 7.22. The molecule has 1 amide bonds. The number of pyridine rings is 1. The molecule has 4 rings (SSSR count). The summed E-state index contributed by atoms with van der Waals surface area (Å²) in [6.07, 6.45) is 3.15. The lowest BCUT2D eigenvalue weighted by Gasteiger charge is -2.22. The lowest BCUT2D eigenvalue weighted by Crippen LogP contribution is -2.29. The molecule has 1 aliphatic rings. The van der Waals surface area contributed by atoms with Crippen LogP contribution in [-0.4, -0.2) is 33.9 Å². The maximum absolute atomic E-state index is 13.1. The smallest absolute Gasteiger partial charge is 0.301 e. The van der Waals surface area contributed by atoms with Gasteiger partial charge in [0.25, 0.3) is 5.78 Å². The number of amides is 1. The zero-order valence-electron chi connectivity index (χ0n) is 16.9. The second kappa shape index (κ2) is 8.13. The first-order valence-electron chi connectivity index (χ1n) is 9.32. The zero-order chi connectivity index (χ0) is 22.3. The quantitative estimate of drug-likeness (QED) is 0.355. The number of methoxy groups -OCH3 is 1. The number of hydrogen-bond acceptors (Lipinski definition) is 7. The number of aliphatic hydroxyl groups excluding tert-OH is 1. The lowest BCUT2D eigenvalue weighted by molar-refractivity contribution is -0.132. The summed E-state index contributed by atoms with van der Waals surface area (Å²) in [4.78, 5) is 37.1. The van der Waals surface area contributed by atoms with Crippen molar-refractivity contribution in [2.45, 2.75) is 19.9 Å². The first-order valence-corrected chi connectivity index (χ1v) is 10.5. The maximum Gasteiger partial charge on any atom is 0.301 e. The number of halogens is 1. The molecule has 3 aromatic rings. The van der Waals surface area contributed by atoms with Crippen LogP contribution < -0.4 is 9.64 Å². The molecule has 1 saturated heterocycles. The molecule has 2 aromatic heterocycles. The molecule has 1 fully saturated rings. The van der Waals surface area contributed by atoms with E-state index in [1.54, 1.807) is 36.7 Å². The second-order valence-corrected chi connectivity index (χ2v) is 8.56. The molecular weight excluding hydrogens is 438 g/mol. The molecule has 0 bridgehead atoms. The third-order valence-electron chi connectivity index (χ3n) is 5.08. The number of thiazole rings is 1. The third kappa shape index (κ3) is 3.58. The van der Waals surface area contributed by atoms with Gasteiger partial charge in [-0.15, -0.1) is 11.3 Å². The van der Waals surface area contributed by atoms with E-state index >= 15 is 0 Å². The van der Waals surface area contributed by atoms with Gasteiger partial charge in [0.05, 0.1) is 30.0 Å². The molecule has 7 nitrogen and oxygen atoms in total. The number of rotatable bonds is 4. The minimum Gasteiger partial charge on any atom is -0.507 e. The van der Waals surface area contributed by atoms with Crippen molar-refractivity contribution < 1.29 is 19.4 Å². The molecule has 1 aliphatic heterocycles. The minimum atomic E-state index is -0.901. The lowest BCUT2D eigenvalue weighted by atomic mass is 9.96. The first kappa shape index (κ1) is 21.0. The summed E-state index contributed by atoms with van der Waals surface area (Å²) in [7, 11) is 1.44. The Morgan fingerprint density at radius 2 is 2.03 bits per heavy atom. The van der Waals surface area contributed by atoms with Crippen LogP contribution in [0.2, 0.25) is 5.02 Å². The molecule has 0 unspecified atom stereocenters. The van der Waals surface area contributed by atoms with Gasteiger partial charge in [-0.3, -0.25) is 19.5 Å². The van der Waals surface area contributed by atoms with E-state index in [1.807, 2.05) is 13.8 Å². The van der Waals surface area contributed by atoms with Gasteiger partial charge in [-0.2, -0.15) is 0 Å². The fraction of sp³-hybridized carbons (Fsp3) is 0.182. The Morgan fingerprint density at radius 1 is 1.26 bits per heavy atom. The van der Waals surface area contributed by atoms with E-state index < -0.39 is 17.7 Å². The highest BCUT2D eigenvalue weighted by molar-refractivity contribution is 7.16. The maximum atomic E-state index is 13.1. The first-order chi connectivity index (χ1) is 14.8. The van der Waals surface area contributed by atoms with Crippen molar-refractivity contribution in [3.8, 4) is 5.75 Å². The fourth-order valence-corrected chi connectivity index (χ4v) is 4.56. The molecule has 0 spiro atoms. The number of anilines is 1. The molecule has 1 N–H and O–H groups in total. The molecule has 9 heteroatoms. The molecule has 1 atom stereocenters. The average Bonchev–Trinajstić information content (AvgIpc) is 3.23. The van der Waals surface area contributed by atoms with E-state index in [1.165, 1.54) is 29.4 Å². The van der Waals surface area contributed by atoms with Crippen LogP contribution in [0.25, 0.3) is 5.76 Å². The van der Waals surface area contributed by atoms with Gasteiger partial charge in [-0.05, 0) is 43.7 Å². The third-order valence-corrected chi connectivity index (χ3v) is 6.39. The highest BCUT2D eigenvalue weighted by atomic mass is 35.5. The Bertz CT molecular complexity index is 1200. The van der Waals surface area contributed by atoms with Crippen molar-refractivity contribution in [2.75, 3.05) is 12.0 Å². The monoisotopic (exact) mass is 455 g/mol. The van der Waals surface area contributed by atoms with Crippen molar-refractivity contribution in [3.63, 3.8) is 0 Å². The van der Waals surface area contributed by atoms with Gasteiger partial charge in [-0.1, -0.05) is 17.7 Å². The number of benzene rings is 1. The minimum absolute atomic E-state index is 0.0796. The van der Waals surface area contributed by atoms with Crippen LogP contribution >= 0.6 is 22.9 Å². The predicted molar refractivity (Wildman–Crippen MR) is 119 cm³/mol. The van der Waals surface area contributed by atoms with Gasteiger partial charge < -0.3 is 9.84 Å². The molecule has 0 radical (unpaired) electrons. The van der Waals surface area contributed by atoms with E-state index in [-0.39, 0.29) is 16.9 Å². The summed E-state index contributed by atoms with van der Waals surface area (Å²) in [5, 5.41) is 11.9. The van der Waals surface area contributed by atoms with Gasteiger partial charge in [0, 0.05) is 22.3 Å².